The van der Waals surface area contributed by atoms with Crippen molar-refractivity contribution >= 4 is 29.2 Å². The Morgan fingerprint density at radius 3 is 2.61 bits per heavy atom. The fourth-order valence-corrected chi connectivity index (χ4v) is 9.06. The molecule has 6 rings (SSSR count). The number of anilines is 1. The Morgan fingerprint density at radius 1 is 1.00 bits per heavy atom. The molecule has 1 atom stereocenters. The first-order valence-corrected chi connectivity index (χ1v) is 13.5. The average Bonchev–Trinajstić information content (AvgIpc) is 3.37. The maximum atomic E-state index is 15.2. The van der Waals surface area contributed by atoms with Crippen molar-refractivity contribution in [3.8, 4) is 0 Å². The van der Waals surface area contributed by atoms with Crippen molar-refractivity contribution in [3.63, 3.8) is 0 Å². The number of likely N-dealkylation sites (N-methyl/N-ethyl adjacent to an activating group) is 2. The topological polar surface area (TPSA) is 32.5 Å². The Balaban J connectivity index is 1.86. The number of nitrogens with zero attached hydrogens (tertiary/aromatic N) is 2. The van der Waals surface area contributed by atoms with Gasteiger partial charge in [0.15, 0.2) is 0 Å². The quantitative estimate of drug-likeness (QED) is 0.448. The van der Waals surface area contributed by atoms with Gasteiger partial charge < -0.3 is 9.42 Å². The summed E-state index contributed by atoms with van der Waals surface area (Å²) in [5.41, 5.74) is 8.30. The summed E-state index contributed by atoms with van der Waals surface area (Å²) in [5, 5.41) is 4.15. The molecular weight excluding hydrogens is 427 g/mol. The van der Waals surface area contributed by atoms with E-state index in [2.05, 4.69) is 79.0 Å². The van der Waals surface area contributed by atoms with E-state index in [1.807, 2.05) is 6.92 Å². The number of fused-ring (bicyclic) bond motifs is 6. The number of benzene rings is 3. The molecule has 0 fully saturated rings. The zero-order valence-electron chi connectivity index (χ0n) is 19.8. The molecule has 3 aliphatic rings. The van der Waals surface area contributed by atoms with Gasteiger partial charge in [0.2, 0.25) is 5.36 Å². The third kappa shape index (κ3) is 2.81. The van der Waals surface area contributed by atoms with Crippen molar-refractivity contribution in [2.24, 2.45) is 0 Å². The lowest BCUT2D eigenvalue weighted by molar-refractivity contribution is 0.347. The van der Waals surface area contributed by atoms with E-state index in [0.717, 1.165) is 47.3 Å². The summed E-state index contributed by atoms with van der Waals surface area (Å²) in [6.45, 7) is 6.44. The summed E-state index contributed by atoms with van der Waals surface area (Å²) >= 11 is 0. The van der Waals surface area contributed by atoms with Crippen molar-refractivity contribution in [2.75, 3.05) is 38.7 Å². The molecule has 0 bridgehead atoms. The van der Waals surface area contributed by atoms with Crippen molar-refractivity contribution < 1.29 is 9.09 Å². The highest BCUT2D eigenvalue weighted by Gasteiger charge is 2.44. The molecule has 0 aliphatic carbocycles. The highest BCUT2D eigenvalue weighted by atomic mass is 31.2. The van der Waals surface area contributed by atoms with Crippen molar-refractivity contribution in [1.82, 2.24) is 4.58 Å². The van der Waals surface area contributed by atoms with Gasteiger partial charge in [0.1, 0.15) is 13.6 Å². The first kappa shape index (κ1) is 20.9. The third-order valence-corrected chi connectivity index (χ3v) is 10.4. The van der Waals surface area contributed by atoms with Crippen LogP contribution >= 0.6 is 7.37 Å². The number of hydrogen-bond donors (Lipinski definition) is 0. The molecule has 168 valence electrons. The van der Waals surface area contributed by atoms with Crippen LogP contribution in [0.15, 0.2) is 48.5 Å². The largest absolute Gasteiger partial charge is 0.374 e. The number of hydrogen-bond acceptors (Lipinski definition) is 3. The Bertz CT molecular complexity index is 1510. The highest BCUT2D eigenvalue weighted by molar-refractivity contribution is 7.74. The molecule has 3 aromatic rings. The molecule has 0 N–H and O–H groups in total. The molecule has 3 heterocycles. The molecule has 1 unspecified atom stereocenters. The van der Waals surface area contributed by atoms with Crippen molar-refractivity contribution in [1.29, 1.82) is 0 Å². The molecule has 0 spiro atoms. The van der Waals surface area contributed by atoms with Gasteiger partial charge >= 0.3 is 0 Å². The average molecular weight is 458 g/mol. The normalized spacial score (nSPS) is 20.5. The van der Waals surface area contributed by atoms with Gasteiger partial charge in [-0.3, -0.25) is 4.57 Å². The van der Waals surface area contributed by atoms with E-state index < -0.39 is 7.37 Å². The van der Waals surface area contributed by atoms with Crippen LogP contribution in [0.25, 0.3) is 5.57 Å². The predicted molar refractivity (Wildman–Crippen MR) is 136 cm³/mol. The second kappa shape index (κ2) is 7.41. The van der Waals surface area contributed by atoms with Gasteiger partial charge in [-0.25, -0.2) is 4.58 Å². The molecule has 0 aromatic heterocycles. The zero-order valence-corrected chi connectivity index (χ0v) is 20.7. The van der Waals surface area contributed by atoms with Gasteiger partial charge in [0, 0.05) is 37.3 Å². The van der Waals surface area contributed by atoms with E-state index in [1.54, 1.807) is 0 Å². The Hall–Kier alpha value is -2.68. The van der Waals surface area contributed by atoms with E-state index in [1.165, 1.54) is 38.9 Å². The van der Waals surface area contributed by atoms with Gasteiger partial charge in [-0.2, -0.15) is 0 Å². The lowest BCUT2D eigenvalue weighted by atomic mass is 9.90. The predicted octanol–water partition coefficient (Wildman–Crippen LogP) is 2.49. The van der Waals surface area contributed by atoms with E-state index in [-0.39, 0.29) is 0 Å². The minimum atomic E-state index is -3.28. The molecule has 4 nitrogen and oxygen atoms in total. The molecular formula is C28H30N2O2P+. The van der Waals surface area contributed by atoms with Crippen LogP contribution in [0.4, 0.5) is 5.69 Å². The van der Waals surface area contributed by atoms with Gasteiger partial charge in [-0.05, 0) is 65.4 Å². The summed E-state index contributed by atoms with van der Waals surface area (Å²) in [4.78, 5) is 2.28. The molecule has 33 heavy (non-hydrogen) atoms. The summed E-state index contributed by atoms with van der Waals surface area (Å²) < 4.78 is 23.8. The van der Waals surface area contributed by atoms with Crippen LogP contribution in [0.2, 0.25) is 0 Å². The van der Waals surface area contributed by atoms with E-state index in [0.29, 0.717) is 6.61 Å². The summed E-state index contributed by atoms with van der Waals surface area (Å²) in [5.74, 6) is 0. The second-order valence-corrected chi connectivity index (χ2v) is 11.7. The van der Waals surface area contributed by atoms with Crippen molar-refractivity contribution in [2.45, 2.75) is 26.7 Å². The highest BCUT2D eigenvalue weighted by Crippen LogP contribution is 2.51. The smallest absolute Gasteiger partial charge is 0.263 e. The Morgan fingerprint density at radius 2 is 1.82 bits per heavy atom. The number of aryl methyl sites for hydroxylation is 1. The fourth-order valence-electron chi connectivity index (χ4n) is 6.05. The molecule has 0 saturated heterocycles. The number of rotatable bonds is 3. The van der Waals surface area contributed by atoms with Crippen LogP contribution in [0.1, 0.15) is 34.7 Å². The van der Waals surface area contributed by atoms with E-state index >= 15 is 4.57 Å². The monoisotopic (exact) mass is 457 g/mol. The third-order valence-electron chi connectivity index (χ3n) is 7.59. The maximum Gasteiger partial charge on any atom is 0.263 e. The van der Waals surface area contributed by atoms with E-state index in [9.17, 15) is 0 Å². The molecule has 0 radical (unpaired) electrons. The SMILES string of the molecule is CCOP1(=O)c2c(ccc3c2CCN3C)C(c2ccccc2C)=c2ccc3c(c21)CC[N+]=3C. The minimum absolute atomic E-state index is 0.425. The van der Waals surface area contributed by atoms with Crippen LogP contribution in [-0.4, -0.2) is 33.8 Å². The maximum absolute atomic E-state index is 15.2. The van der Waals surface area contributed by atoms with E-state index in [4.69, 9.17) is 4.52 Å². The van der Waals surface area contributed by atoms with Gasteiger partial charge in [-0.1, -0.05) is 30.3 Å². The van der Waals surface area contributed by atoms with Gasteiger partial charge in [0.05, 0.1) is 17.2 Å². The van der Waals surface area contributed by atoms with Crippen LogP contribution in [-0.2, 0) is 21.9 Å². The Labute approximate surface area is 195 Å². The molecule has 3 aliphatic heterocycles. The summed E-state index contributed by atoms with van der Waals surface area (Å²) in [7, 11) is 0.973. The second-order valence-electron chi connectivity index (χ2n) is 9.42. The van der Waals surface area contributed by atoms with Crippen molar-refractivity contribution in [3.05, 3.63) is 86.9 Å². The van der Waals surface area contributed by atoms with Gasteiger partial charge in [-0.15, -0.1) is 0 Å². The standard InChI is InChI=1S/C28H30N2O2P/c1-5-32-33(31)27-20-14-16-29(3)24(20)12-10-22(27)26(19-9-7-6-8-18(19)2)23-11-13-25-21(28(23)33)15-17-30(25)4/h6-13H,5,14-17H2,1-4H3/q+1. The molecule has 5 heteroatoms. The van der Waals surface area contributed by atoms with Crippen LogP contribution in [0, 0.1) is 6.92 Å². The van der Waals surface area contributed by atoms with Crippen LogP contribution in [0.3, 0.4) is 0 Å². The van der Waals surface area contributed by atoms with Gasteiger partial charge in [0.25, 0.3) is 7.37 Å². The van der Waals surface area contributed by atoms with Crippen LogP contribution < -0.4 is 30.7 Å². The lowest BCUT2D eigenvalue weighted by Crippen LogP contribution is -2.44. The minimum Gasteiger partial charge on any atom is -0.374 e. The molecule has 3 aromatic carbocycles. The first-order chi connectivity index (χ1) is 16.0. The summed E-state index contributed by atoms with van der Waals surface area (Å²) in [6, 6.07) is 17.4. The lowest BCUT2D eigenvalue weighted by Gasteiger charge is -2.31. The molecule has 0 amide bonds. The zero-order chi connectivity index (χ0) is 22.9. The summed E-state index contributed by atoms with van der Waals surface area (Å²) in [6.07, 6.45) is 1.80. The molecule has 0 saturated carbocycles. The fraction of sp³-hybridized carbons (Fsp3) is 0.321. The van der Waals surface area contributed by atoms with Crippen LogP contribution in [0.5, 0.6) is 0 Å². The Kier molecular flexibility index (Phi) is 4.69. The first-order valence-electron chi connectivity index (χ1n) is 11.9.